The lowest BCUT2D eigenvalue weighted by atomic mass is 9.96. The fraction of sp³-hybridized carbons (Fsp3) is 0.250. The molecule has 184 valence electrons. The third-order valence-corrected chi connectivity index (χ3v) is 7.12. The molecule has 0 bridgehead atoms. The Morgan fingerprint density at radius 3 is 2.42 bits per heavy atom. The van der Waals surface area contributed by atoms with Crippen LogP contribution in [-0.4, -0.2) is 26.8 Å². The van der Waals surface area contributed by atoms with Gasteiger partial charge in [0.1, 0.15) is 0 Å². The highest BCUT2D eigenvalue weighted by atomic mass is 35.5. The number of anilines is 1. The van der Waals surface area contributed by atoms with Gasteiger partial charge in [-0.3, -0.25) is 10.3 Å². The highest BCUT2D eigenvalue weighted by Gasteiger charge is 2.22. The first-order chi connectivity index (χ1) is 17.5. The molecule has 2 heterocycles. The van der Waals surface area contributed by atoms with Crippen LogP contribution < -0.4 is 10.6 Å². The first-order valence-corrected chi connectivity index (χ1v) is 12.9. The third kappa shape index (κ3) is 5.25. The molecule has 1 fully saturated rings. The van der Waals surface area contributed by atoms with Crippen molar-refractivity contribution in [1.82, 2.24) is 20.1 Å². The van der Waals surface area contributed by atoms with Gasteiger partial charge in [0.2, 0.25) is 0 Å². The molecule has 2 amide bonds. The van der Waals surface area contributed by atoms with Crippen LogP contribution in [0.25, 0.3) is 28.1 Å². The van der Waals surface area contributed by atoms with Crippen LogP contribution in [0, 0.1) is 6.92 Å². The van der Waals surface area contributed by atoms with Crippen LogP contribution in [0.5, 0.6) is 0 Å². The number of nitrogens with zero attached hydrogens (tertiary/aromatic N) is 3. The lowest BCUT2D eigenvalue weighted by molar-refractivity contribution is 0.244. The summed E-state index contributed by atoms with van der Waals surface area (Å²) in [7, 11) is 0. The van der Waals surface area contributed by atoms with Gasteiger partial charge in [0.05, 0.1) is 16.4 Å². The summed E-state index contributed by atoms with van der Waals surface area (Å²) in [6.45, 7) is 1.95. The average molecular weight is 520 g/mol. The number of carbonyl (C=O) groups excluding carboxylic acids is 1. The van der Waals surface area contributed by atoms with Gasteiger partial charge in [-0.25, -0.2) is 9.48 Å². The second-order valence-electron chi connectivity index (χ2n) is 9.08. The summed E-state index contributed by atoms with van der Waals surface area (Å²) in [6.07, 6.45) is 9.14. The molecule has 0 aliphatic heterocycles. The summed E-state index contributed by atoms with van der Waals surface area (Å²) in [5.41, 5.74) is 5.40. The summed E-state index contributed by atoms with van der Waals surface area (Å²) in [4.78, 5) is 17.0. The molecule has 5 rings (SSSR count). The lowest BCUT2D eigenvalue weighted by Gasteiger charge is -2.22. The normalized spacial score (nSPS) is 14.0. The first-order valence-electron chi connectivity index (χ1n) is 12.1. The summed E-state index contributed by atoms with van der Waals surface area (Å²) < 4.78 is 1.77. The summed E-state index contributed by atoms with van der Waals surface area (Å²) >= 11 is 12.7. The van der Waals surface area contributed by atoms with Gasteiger partial charge in [-0.15, -0.1) is 5.10 Å². The lowest BCUT2D eigenvalue weighted by Crippen LogP contribution is -2.39. The Balaban J connectivity index is 1.51. The van der Waals surface area contributed by atoms with E-state index in [0.717, 1.165) is 53.6 Å². The Kier molecular flexibility index (Phi) is 7.25. The molecule has 36 heavy (non-hydrogen) atoms. The minimum Gasteiger partial charge on any atom is -0.335 e. The molecule has 0 spiro atoms. The van der Waals surface area contributed by atoms with Gasteiger partial charge in [-0.2, -0.15) is 0 Å². The zero-order valence-corrected chi connectivity index (χ0v) is 21.5. The van der Waals surface area contributed by atoms with E-state index < -0.39 is 0 Å². The van der Waals surface area contributed by atoms with E-state index in [4.69, 9.17) is 28.3 Å². The van der Waals surface area contributed by atoms with Crippen molar-refractivity contribution in [3.8, 4) is 28.1 Å². The number of urea groups is 1. The number of rotatable bonds is 5. The van der Waals surface area contributed by atoms with Crippen LogP contribution in [-0.2, 0) is 0 Å². The number of hydrogen-bond donors (Lipinski definition) is 2. The summed E-state index contributed by atoms with van der Waals surface area (Å²) in [6, 6.07) is 17.4. The van der Waals surface area contributed by atoms with Gasteiger partial charge in [0.15, 0.2) is 5.82 Å². The van der Waals surface area contributed by atoms with Crippen molar-refractivity contribution in [1.29, 1.82) is 0 Å². The smallest absolute Gasteiger partial charge is 0.320 e. The van der Waals surface area contributed by atoms with Crippen molar-refractivity contribution < 1.29 is 4.79 Å². The number of aromatic nitrogens is 3. The molecule has 6 nitrogen and oxygen atoms in total. The van der Waals surface area contributed by atoms with Gasteiger partial charge in [0, 0.05) is 34.6 Å². The van der Waals surface area contributed by atoms with Crippen molar-refractivity contribution in [3.05, 3.63) is 82.6 Å². The number of nitrogens with one attached hydrogen (secondary N) is 2. The van der Waals surface area contributed by atoms with Gasteiger partial charge in [0.25, 0.3) is 0 Å². The maximum Gasteiger partial charge on any atom is 0.320 e. The SMILES string of the molecule is Cc1c(NC(=O)NC2CCCCC2)nn(-c2ccc(Cl)cc2Cl)c1-c1ccc(-c2cccnc2)cc1. The van der Waals surface area contributed by atoms with Crippen molar-refractivity contribution in [3.63, 3.8) is 0 Å². The minimum absolute atomic E-state index is 0.200. The van der Waals surface area contributed by atoms with Crippen molar-refractivity contribution in [2.45, 2.75) is 45.1 Å². The van der Waals surface area contributed by atoms with Crippen molar-refractivity contribution in [2.24, 2.45) is 0 Å². The van der Waals surface area contributed by atoms with E-state index in [9.17, 15) is 4.79 Å². The predicted octanol–water partition coefficient (Wildman–Crippen LogP) is 7.67. The Hall–Kier alpha value is -3.35. The van der Waals surface area contributed by atoms with E-state index in [0.29, 0.717) is 21.6 Å². The Bertz CT molecular complexity index is 1360. The molecule has 0 radical (unpaired) electrons. The Morgan fingerprint density at radius 2 is 1.72 bits per heavy atom. The summed E-state index contributed by atoms with van der Waals surface area (Å²) in [5, 5.41) is 11.8. The van der Waals surface area contributed by atoms with E-state index >= 15 is 0 Å². The minimum atomic E-state index is -0.240. The highest BCUT2D eigenvalue weighted by Crippen LogP contribution is 2.35. The maximum absolute atomic E-state index is 12.8. The maximum atomic E-state index is 12.8. The first kappa shape index (κ1) is 24.3. The van der Waals surface area contributed by atoms with E-state index in [1.807, 2.05) is 43.5 Å². The van der Waals surface area contributed by atoms with Crippen LogP contribution in [0.15, 0.2) is 67.0 Å². The molecule has 2 aromatic carbocycles. The van der Waals surface area contributed by atoms with Crippen LogP contribution in [0.2, 0.25) is 10.0 Å². The fourth-order valence-electron chi connectivity index (χ4n) is 4.71. The second kappa shape index (κ2) is 10.7. The van der Waals surface area contributed by atoms with Gasteiger partial charge in [-0.1, -0.05) is 72.8 Å². The number of carbonyl (C=O) groups is 1. The molecule has 0 atom stereocenters. The van der Waals surface area contributed by atoms with E-state index in [1.165, 1.54) is 6.42 Å². The zero-order chi connectivity index (χ0) is 25.1. The van der Waals surface area contributed by atoms with Gasteiger partial charge >= 0.3 is 6.03 Å². The van der Waals surface area contributed by atoms with Crippen LogP contribution in [0.4, 0.5) is 10.6 Å². The number of hydrogen-bond acceptors (Lipinski definition) is 3. The molecule has 1 aliphatic carbocycles. The molecule has 2 N–H and O–H groups in total. The third-order valence-electron chi connectivity index (χ3n) is 6.59. The number of benzene rings is 2. The van der Waals surface area contributed by atoms with Crippen molar-refractivity contribution >= 4 is 35.1 Å². The number of halogens is 2. The standard InChI is InChI=1S/C28H27Cl2N5O/c1-18-26(20-11-9-19(10-12-20)21-6-5-15-31-17-21)35(25-14-13-22(29)16-24(25)30)34-27(18)33-28(36)32-23-7-3-2-4-8-23/h5-6,9-17,23H,2-4,7-8H2,1H3,(H2,32,33,34,36). The highest BCUT2D eigenvalue weighted by molar-refractivity contribution is 6.35. The number of amides is 2. The van der Waals surface area contributed by atoms with E-state index in [2.05, 4.69) is 27.8 Å². The largest absolute Gasteiger partial charge is 0.335 e. The zero-order valence-electron chi connectivity index (χ0n) is 20.0. The van der Waals surface area contributed by atoms with Gasteiger partial charge in [-0.05, 0) is 55.2 Å². The molecule has 1 saturated carbocycles. The van der Waals surface area contributed by atoms with E-state index in [1.54, 1.807) is 23.0 Å². The molecule has 0 unspecified atom stereocenters. The predicted molar refractivity (Wildman–Crippen MR) is 146 cm³/mol. The summed E-state index contributed by atoms with van der Waals surface area (Å²) in [5.74, 6) is 0.487. The van der Waals surface area contributed by atoms with Crippen LogP contribution in [0.1, 0.15) is 37.7 Å². The quantitative estimate of drug-likeness (QED) is 0.284. The molecule has 4 aromatic rings. The van der Waals surface area contributed by atoms with Gasteiger partial charge < -0.3 is 5.32 Å². The topological polar surface area (TPSA) is 71.8 Å². The molecule has 8 heteroatoms. The average Bonchev–Trinajstić information content (AvgIpc) is 3.20. The number of pyridine rings is 1. The van der Waals surface area contributed by atoms with Crippen LogP contribution >= 0.6 is 23.2 Å². The molecule has 0 saturated heterocycles. The molecular formula is C28H27Cl2N5O. The molecular weight excluding hydrogens is 493 g/mol. The van der Waals surface area contributed by atoms with E-state index in [-0.39, 0.29) is 12.1 Å². The Labute approximate surface area is 220 Å². The fourth-order valence-corrected chi connectivity index (χ4v) is 5.20. The molecule has 1 aliphatic rings. The van der Waals surface area contributed by atoms with Crippen molar-refractivity contribution in [2.75, 3.05) is 5.32 Å². The monoisotopic (exact) mass is 519 g/mol. The second-order valence-corrected chi connectivity index (χ2v) is 9.93. The Morgan fingerprint density at radius 1 is 0.972 bits per heavy atom. The molecule has 2 aromatic heterocycles. The van der Waals surface area contributed by atoms with Crippen LogP contribution in [0.3, 0.4) is 0 Å².